The molecule has 0 radical (unpaired) electrons. The SMILES string of the molecule is COC(OC)C(C)Sc1ccc(Cl)cc1. The van der Waals surface area contributed by atoms with Crippen LogP contribution in [-0.2, 0) is 9.47 Å². The highest BCUT2D eigenvalue weighted by atomic mass is 35.5. The number of ether oxygens (including phenoxy) is 2. The normalized spacial score (nSPS) is 13.1. The molecule has 0 saturated heterocycles. The van der Waals surface area contributed by atoms with Gasteiger partial charge in [-0.05, 0) is 31.2 Å². The fraction of sp³-hybridized carbons (Fsp3) is 0.455. The first-order valence-corrected chi connectivity index (χ1v) is 5.91. The highest BCUT2D eigenvalue weighted by Crippen LogP contribution is 2.27. The summed E-state index contributed by atoms with van der Waals surface area (Å²) in [5, 5.41) is 0.989. The molecule has 15 heavy (non-hydrogen) atoms. The standard InChI is InChI=1S/C11H15ClO2S/c1-8(11(13-2)14-3)15-10-6-4-9(12)5-7-10/h4-8,11H,1-3H3. The minimum Gasteiger partial charge on any atom is -0.355 e. The average molecular weight is 247 g/mol. The van der Waals surface area contributed by atoms with Crippen LogP contribution < -0.4 is 0 Å². The third kappa shape index (κ3) is 4.03. The second kappa shape index (κ2) is 6.38. The predicted octanol–water partition coefficient (Wildman–Crippen LogP) is 3.44. The van der Waals surface area contributed by atoms with Crippen LogP contribution in [0, 0.1) is 0 Å². The molecule has 0 heterocycles. The lowest BCUT2D eigenvalue weighted by Crippen LogP contribution is -2.24. The first-order valence-electron chi connectivity index (χ1n) is 4.65. The van der Waals surface area contributed by atoms with Gasteiger partial charge in [0.1, 0.15) is 0 Å². The van der Waals surface area contributed by atoms with Gasteiger partial charge in [0.25, 0.3) is 0 Å². The summed E-state index contributed by atoms with van der Waals surface area (Å²) in [5.41, 5.74) is 0. The quantitative estimate of drug-likeness (QED) is 0.586. The van der Waals surface area contributed by atoms with E-state index >= 15 is 0 Å². The Hall–Kier alpha value is -0.220. The molecule has 1 aromatic rings. The van der Waals surface area contributed by atoms with Gasteiger partial charge < -0.3 is 9.47 Å². The third-order valence-electron chi connectivity index (χ3n) is 1.98. The van der Waals surface area contributed by atoms with E-state index in [1.807, 2.05) is 24.3 Å². The molecule has 1 rings (SSSR count). The van der Waals surface area contributed by atoms with E-state index in [9.17, 15) is 0 Å². The van der Waals surface area contributed by atoms with Crippen molar-refractivity contribution in [3.63, 3.8) is 0 Å². The summed E-state index contributed by atoms with van der Waals surface area (Å²) < 4.78 is 10.4. The molecular weight excluding hydrogens is 232 g/mol. The third-order valence-corrected chi connectivity index (χ3v) is 3.37. The van der Waals surface area contributed by atoms with E-state index in [1.54, 1.807) is 26.0 Å². The van der Waals surface area contributed by atoms with E-state index in [-0.39, 0.29) is 11.5 Å². The molecule has 0 aliphatic rings. The molecule has 84 valence electrons. The summed E-state index contributed by atoms with van der Waals surface area (Å²) in [6.07, 6.45) is -0.189. The fourth-order valence-electron chi connectivity index (χ4n) is 1.26. The van der Waals surface area contributed by atoms with Crippen molar-refractivity contribution >= 4 is 23.4 Å². The van der Waals surface area contributed by atoms with Crippen molar-refractivity contribution in [2.45, 2.75) is 23.4 Å². The molecular formula is C11H15ClO2S. The van der Waals surface area contributed by atoms with Gasteiger partial charge in [-0.25, -0.2) is 0 Å². The van der Waals surface area contributed by atoms with Gasteiger partial charge in [-0.2, -0.15) is 0 Å². The Morgan fingerprint density at radius 1 is 1.13 bits per heavy atom. The summed E-state index contributed by atoms with van der Waals surface area (Å²) in [6.45, 7) is 2.07. The number of hydrogen-bond donors (Lipinski definition) is 0. The van der Waals surface area contributed by atoms with E-state index in [0.717, 1.165) is 9.92 Å². The molecule has 0 spiro atoms. The smallest absolute Gasteiger partial charge is 0.168 e. The van der Waals surface area contributed by atoms with Gasteiger partial charge in [0.05, 0.1) is 5.25 Å². The predicted molar refractivity (Wildman–Crippen MR) is 64.6 cm³/mol. The van der Waals surface area contributed by atoms with Crippen LogP contribution in [-0.4, -0.2) is 25.8 Å². The zero-order chi connectivity index (χ0) is 11.3. The maximum Gasteiger partial charge on any atom is 0.168 e. The summed E-state index contributed by atoms with van der Waals surface area (Å²) in [5.74, 6) is 0. The first kappa shape index (κ1) is 12.8. The molecule has 0 bridgehead atoms. The van der Waals surface area contributed by atoms with Crippen LogP contribution in [0.15, 0.2) is 29.2 Å². The Balaban J connectivity index is 2.57. The molecule has 1 atom stereocenters. The molecule has 0 aromatic heterocycles. The average Bonchev–Trinajstić information content (AvgIpc) is 2.23. The topological polar surface area (TPSA) is 18.5 Å². The van der Waals surface area contributed by atoms with Crippen LogP contribution in [0.4, 0.5) is 0 Å². The molecule has 4 heteroatoms. The number of thioether (sulfide) groups is 1. The second-order valence-corrected chi connectivity index (χ2v) is 5.00. The number of halogens is 1. The van der Waals surface area contributed by atoms with Crippen molar-refractivity contribution in [1.82, 2.24) is 0 Å². The second-order valence-electron chi connectivity index (χ2n) is 3.12. The van der Waals surface area contributed by atoms with Crippen molar-refractivity contribution in [1.29, 1.82) is 0 Å². The Bertz CT molecular complexity index is 285. The van der Waals surface area contributed by atoms with Gasteiger partial charge in [-0.3, -0.25) is 0 Å². The lowest BCUT2D eigenvalue weighted by Gasteiger charge is -2.20. The molecule has 0 amide bonds. The van der Waals surface area contributed by atoms with Crippen molar-refractivity contribution < 1.29 is 9.47 Å². The number of hydrogen-bond acceptors (Lipinski definition) is 3. The highest BCUT2D eigenvalue weighted by molar-refractivity contribution is 8.00. The van der Waals surface area contributed by atoms with Crippen LogP contribution >= 0.6 is 23.4 Å². The zero-order valence-corrected chi connectivity index (χ0v) is 10.6. The van der Waals surface area contributed by atoms with Gasteiger partial charge in [0.2, 0.25) is 0 Å². The van der Waals surface area contributed by atoms with Gasteiger partial charge in [0, 0.05) is 24.1 Å². The molecule has 0 N–H and O–H groups in total. The Morgan fingerprint density at radius 3 is 2.13 bits per heavy atom. The lowest BCUT2D eigenvalue weighted by molar-refractivity contribution is -0.0988. The zero-order valence-electron chi connectivity index (χ0n) is 9.07. The molecule has 1 aromatic carbocycles. The Kier molecular flexibility index (Phi) is 5.47. The Labute approximate surface area is 99.9 Å². The molecule has 1 unspecified atom stereocenters. The van der Waals surface area contributed by atoms with E-state index in [4.69, 9.17) is 21.1 Å². The van der Waals surface area contributed by atoms with Gasteiger partial charge in [-0.1, -0.05) is 11.6 Å². The number of benzene rings is 1. The van der Waals surface area contributed by atoms with Crippen LogP contribution in [0.2, 0.25) is 5.02 Å². The minimum atomic E-state index is -0.189. The Morgan fingerprint density at radius 2 is 1.67 bits per heavy atom. The number of methoxy groups -OCH3 is 2. The van der Waals surface area contributed by atoms with Gasteiger partial charge in [-0.15, -0.1) is 11.8 Å². The first-order chi connectivity index (χ1) is 7.17. The van der Waals surface area contributed by atoms with Gasteiger partial charge >= 0.3 is 0 Å². The molecule has 2 nitrogen and oxygen atoms in total. The van der Waals surface area contributed by atoms with Crippen molar-refractivity contribution in [2.24, 2.45) is 0 Å². The van der Waals surface area contributed by atoms with Crippen molar-refractivity contribution in [3.8, 4) is 0 Å². The largest absolute Gasteiger partial charge is 0.355 e. The number of rotatable bonds is 5. The molecule has 0 fully saturated rings. The fourth-order valence-corrected chi connectivity index (χ4v) is 2.44. The maximum absolute atomic E-state index is 5.81. The van der Waals surface area contributed by atoms with Gasteiger partial charge in [0.15, 0.2) is 6.29 Å². The molecule has 0 saturated carbocycles. The van der Waals surface area contributed by atoms with E-state index in [1.165, 1.54) is 0 Å². The van der Waals surface area contributed by atoms with E-state index in [0.29, 0.717) is 0 Å². The van der Waals surface area contributed by atoms with E-state index in [2.05, 4.69) is 6.92 Å². The van der Waals surface area contributed by atoms with Crippen LogP contribution in [0.5, 0.6) is 0 Å². The maximum atomic E-state index is 5.81. The van der Waals surface area contributed by atoms with Crippen molar-refractivity contribution in [3.05, 3.63) is 29.3 Å². The molecule has 0 aliphatic carbocycles. The summed E-state index contributed by atoms with van der Waals surface area (Å²) in [7, 11) is 3.29. The summed E-state index contributed by atoms with van der Waals surface area (Å²) >= 11 is 7.51. The van der Waals surface area contributed by atoms with Crippen LogP contribution in [0.3, 0.4) is 0 Å². The van der Waals surface area contributed by atoms with Crippen LogP contribution in [0.25, 0.3) is 0 Å². The molecule has 0 aliphatic heterocycles. The summed E-state index contributed by atoms with van der Waals surface area (Å²) in [6, 6.07) is 7.74. The summed E-state index contributed by atoms with van der Waals surface area (Å²) in [4.78, 5) is 1.16. The minimum absolute atomic E-state index is 0.189. The van der Waals surface area contributed by atoms with Crippen LogP contribution in [0.1, 0.15) is 6.92 Å². The van der Waals surface area contributed by atoms with E-state index < -0.39 is 0 Å². The highest BCUT2D eigenvalue weighted by Gasteiger charge is 2.16. The lowest BCUT2D eigenvalue weighted by atomic mass is 10.4. The monoisotopic (exact) mass is 246 g/mol. The van der Waals surface area contributed by atoms with Crippen molar-refractivity contribution in [2.75, 3.05) is 14.2 Å².